The van der Waals surface area contributed by atoms with Crippen LogP contribution >= 0.6 is 0 Å². The van der Waals surface area contributed by atoms with Crippen LogP contribution in [-0.4, -0.2) is 43.8 Å². The Bertz CT molecular complexity index is 284. The first-order valence-electron chi connectivity index (χ1n) is 6.80. The number of esters is 1. The maximum absolute atomic E-state index is 11.6. The molecule has 0 fully saturated rings. The summed E-state index contributed by atoms with van der Waals surface area (Å²) >= 11 is 0. The third-order valence-corrected chi connectivity index (χ3v) is 2.32. The molecule has 0 rings (SSSR count). The Hall–Kier alpha value is -1.26. The summed E-state index contributed by atoms with van der Waals surface area (Å²) in [5, 5.41) is 0. The molecule has 0 bridgehead atoms. The lowest BCUT2D eigenvalue weighted by atomic mass is 9.99. The normalized spacial score (nSPS) is 11.0. The van der Waals surface area contributed by atoms with E-state index < -0.39 is 12.1 Å². The van der Waals surface area contributed by atoms with E-state index in [1.165, 1.54) is 11.9 Å². The molecule has 0 aliphatic heterocycles. The Morgan fingerprint density at radius 1 is 1.11 bits per heavy atom. The molecule has 0 aliphatic carbocycles. The van der Waals surface area contributed by atoms with Crippen molar-refractivity contribution in [3.05, 3.63) is 0 Å². The average molecular weight is 273 g/mol. The summed E-state index contributed by atoms with van der Waals surface area (Å²) in [7, 11) is 1.53. The van der Waals surface area contributed by atoms with Crippen molar-refractivity contribution >= 4 is 12.1 Å². The molecule has 0 heterocycles. The highest BCUT2D eigenvalue weighted by Crippen LogP contribution is 2.13. The molecule has 0 aromatic carbocycles. The quantitative estimate of drug-likeness (QED) is 0.528. The second kappa shape index (κ2) is 8.77. The first kappa shape index (κ1) is 17.7. The molecule has 0 spiro atoms. The molecule has 0 unspecified atom stereocenters. The van der Waals surface area contributed by atoms with E-state index in [-0.39, 0.29) is 12.0 Å². The van der Waals surface area contributed by atoms with Gasteiger partial charge in [-0.1, -0.05) is 40.5 Å². The van der Waals surface area contributed by atoms with E-state index in [1.54, 1.807) is 0 Å². The summed E-state index contributed by atoms with van der Waals surface area (Å²) in [5.74, 6) is -0.397. The van der Waals surface area contributed by atoms with E-state index in [1.807, 2.05) is 20.8 Å². The SMILES string of the molecule is CCCCCOC(=O)CN(C)C(=O)OCC(C)(C)C. The number of hydrogen-bond acceptors (Lipinski definition) is 4. The molecular formula is C14H27NO4. The summed E-state index contributed by atoms with van der Waals surface area (Å²) in [6.07, 6.45) is 2.48. The standard InChI is InChI=1S/C14H27NO4/c1-6-7-8-9-18-12(16)10-15(5)13(17)19-11-14(2,3)4/h6-11H2,1-5H3. The van der Waals surface area contributed by atoms with Crippen LogP contribution in [0.3, 0.4) is 0 Å². The van der Waals surface area contributed by atoms with Gasteiger partial charge in [-0.25, -0.2) is 4.79 Å². The van der Waals surface area contributed by atoms with E-state index in [9.17, 15) is 9.59 Å². The highest BCUT2D eigenvalue weighted by molar-refractivity contribution is 5.77. The van der Waals surface area contributed by atoms with E-state index >= 15 is 0 Å². The van der Waals surface area contributed by atoms with Crippen LogP contribution in [0.4, 0.5) is 4.79 Å². The van der Waals surface area contributed by atoms with Crippen molar-refractivity contribution in [1.29, 1.82) is 0 Å². The fourth-order valence-electron chi connectivity index (χ4n) is 1.23. The molecule has 0 saturated heterocycles. The monoisotopic (exact) mass is 273 g/mol. The maximum atomic E-state index is 11.6. The predicted molar refractivity (Wildman–Crippen MR) is 73.9 cm³/mol. The van der Waals surface area contributed by atoms with Crippen LogP contribution in [0.1, 0.15) is 47.0 Å². The van der Waals surface area contributed by atoms with E-state index in [0.29, 0.717) is 13.2 Å². The van der Waals surface area contributed by atoms with Gasteiger partial charge >= 0.3 is 12.1 Å². The molecule has 0 aromatic heterocycles. The molecule has 0 saturated carbocycles. The number of likely N-dealkylation sites (N-methyl/N-ethyl adjacent to an activating group) is 1. The first-order chi connectivity index (χ1) is 8.76. The summed E-state index contributed by atoms with van der Waals surface area (Å²) in [6.45, 7) is 8.67. The van der Waals surface area contributed by atoms with Crippen molar-refractivity contribution in [2.75, 3.05) is 26.8 Å². The zero-order valence-electron chi connectivity index (χ0n) is 12.8. The number of carbonyl (C=O) groups is 2. The average Bonchev–Trinajstić information content (AvgIpc) is 2.30. The highest BCUT2D eigenvalue weighted by atomic mass is 16.6. The molecular weight excluding hydrogens is 246 g/mol. The van der Waals surface area contributed by atoms with Crippen LogP contribution in [0.25, 0.3) is 0 Å². The van der Waals surface area contributed by atoms with Crippen LogP contribution in [0.15, 0.2) is 0 Å². The van der Waals surface area contributed by atoms with Crippen LogP contribution in [0.2, 0.25) is 0 Å². The Balaban J connectivity index is 3.85. The van der Waals surface area contributed by atoms with Crippen molar-refractivity contribution in [1.82, 2.24) is 4.90 Å². The minimum atomic E-state index is -0.500. The lowest BCUT2D eigenvalue weighted by Crippen LogP contribution is -2.35. The smallest absolute Gasteiger partial charge is 0.410 e. The van der Waals surface area contributed by atoms with Gasteiger partial charge in [0.15, 0.2) is 0 Å². The van der Waals surface area contributed by atoms with Crippen LogP contribution in [0.5, 0.6) is 0 Å². The summed E-state index contributed by atoms with van der Waals surface area (Å²) in [5.41, 5.74) is -0.0861. The van der Waals surface area contributed by atoms with Gasteiger partial charge in [0, 0.05) is 7.05 Å². The van der Waals surface area contributed by atoms with E-state index in [2.05, 4.69) is 6.92 Å². The molecule has 0 N–H and O–H groups in total. The molecule has 112 valence electrons. The maximum Gasteiger partial charge on any atom is 0.410 e. The number of ether oxygens (including phenoxy) is 2. The Morgan fingerprint density at radius 3 is 2.26 bits per heavy atom. The molecule has 1 amide bonds. The number of nitrogens with zero attached hydrogens (tertiary/aromatic N) is 1. The Labute approximate surface area is 116 Å². The zero-order valence-corrected chi connectivity index (χ0v) is 12.8. The number of hydrogen-bond donors (Lipinski definition) is 0. The van der Waals surface area contributed by atoms with Gasteiger partial charge in [0.2, 0.25) is 0 Å². The van der Waals surface area contributed by atoms with Gasteiger partial charge in [0.1, 0.15) is 6.54 Å². The molecule has 5 nitrogen and oxygen atoms in total. The minimum absolute atomic E-state index is 0.0743. The summed E-state index contributed by atoms with van der Waals surface area (Å²) in [6, 6.07) is 0. The van der Waals surface area contributed by atoms with Gasteiger partial charge in [-0.15, -0.1) is 0 Å². The molecule has 0 aliphatic rings. The van der Waals surface area contributed by atoms with Crippen molar-refractivity contribution in [2.45, 2.75) is 47.0 Å². The lowest BCUT2D eigenvalue weighted by molar-refractivity contribution is -0.144. The van der Waals surface area contributed by atoms with Gasteiger partial charge in [-0.2, -0.15) is 0 Å². The van der Waals surface area contributed by atoms with E-state index in [0.717, 1.165) is 19.3 Å². The Kier molecular flexibility index (Phi) is 8.19. The second-order valence-electron chi connectivity index (χ2n) is 5.90. The van der Waals surface area contributed by atoms with Gasteiger partial charge in [0.25, 0.3) is 0 Å². The van der Waals surface area contributed by atoms with Crippen molar-refractivity contribution in [3.8, 4) is 0 Å². The predicted octanol–water partition coefficient (Wildman–Crippen LogP) is 2.83. The molecule has 0 aromatic rings. The van der Waals surface area contributed by atoms with Gasteiger partial charge in [-0.3, -0.25) is 4.79 Å². The first-order valence-corrected chi connectivity index (χ1v) is 6.80. The Morgan fingerprint density at radius 2 is 1.74 bits per heavy atom. The molecule has 0 radical (unpaired) electrons. The molecule has 0 atom stereocenters. The van der Waals surface area contributed by atoms with Gasteiger partial charge < -0.3 is 14.4 Å². The fourth-order valence-corrected chi connectivity index (χ4v) is 1.23. The van der Waals surface area contributed by atoms with E-state index in [4.69, 9.17) is 9.47 Å². The van der Waals surface area contributed by atoms with Crippen LogP contribution < -0.4 is 0 Å². The van der Waals surface area contributed by atoms with Crippen molar-refractivity contribution in [3.63, 3.8) is 0 Å². The molecule has 5 heteroatoms. The number of carbonyl (C=O) groups excluding carboxylic acids is 2. The zero-order chi connectivity index (χ0) is 14.9. The highest BCUT2D eigenvalue weighted by Gasteiger charge is 2.18. The number of amides is 1. The van der Waals surface area contributed by atoms with Crippen LogP contribution in [-0.2, 0) is 14.3 Å². The van der Waals surface area contributed by atoms with Crippen LogP contribution in [0, 0.1) is 5.41 Å². The molecule has 19 heavy (non-hydrogen) atoms. The summed E-state index contributed by atoms with van der Waals surface area (Å²) in [4.78, 5) is 24.3. The van der Waals surface area contributed by atoms with Gasteiger partial charge in [-0.05, 0) is 11.8 Å². The number of unbranched alkanes of at least 4 members (excludes halogenated alkanes) is 2. The van der Waals surface area contributed by atoms with Crippen molar-refractivity contribution < 1.29 is 19.1 Å². The summed E-state index contributed by atoms with van der Waals surface area (Å²) < 4.78 is 10.1. The third kappa shape index (κ3) is 10.4. The number of rotatable bonds is 7. The van der Waals surface area contributed by atoms with Gasteiger partial charge in [0.05, 0.1) is 13.2 Å². The minimum Gasteiger partial charge on any atom is -0.464 e. The fraction of sp³-hybridized carbons (Fsp3) is 0.857. The third-order valence-electron chi connectivity index (χ3n) is 2.32. The van der Waals surface area contributed by atoms with Crippen molar-refractivity contribution in [2.24, 2.45) is 5.41 Å². The largest absolute Gasteiger partial charge is 0.464 e. The topological polar surface area (TPSA) is 55.8 Å². The second-order valence-corrected chi connectivity index (χ2v) is 5.90. The lowest BCUT2D eigenvalue weighted by Gasteiger charge is -2.21.